The van der Waals surface area contributed by atoms with E-state index in [1.165, 1.54) is 26.0 Å². The van der Waals surface area contributed by atoms with E-state index >= 15 is 0 Å². The molecular formula is C12H12F6O8S2. The van der Waals surface area contributed by atoms with Gasteiger partial charge in [-0.25, -0.2) is 0 Å². The molecule has 0 radical (unpaired) electrons. The van der Waals surface area contributed by atoms with Gasteiger partial charge in [-0.3, -0.25) is 9.35 Å². The van der Waals surface area contributed by atoms with Gasteiger partial charge in [-0.2, -0.15) is 43.2 Å². The summed E-state index contributed by atoms with van der Waals surface area (Å²) in [4.78, 5) is 11.0. The summed E-state index contributed by atoms with van der Waals surface area (Å²) in [6, 6.07) is 4.30. The van der Waals surface area contributed by atoms with Gasteiger partial charge >= 0.3 is 37.2 Å². The first-order chi connectivity index (χ1) is 12.1. The molecule has 1 rings (SSSR count). The second-order valence-corrected chi connectivity index (χ2v) is 8.31. The molecule has 162 valence electrons. The van der Waals surface area contributed by atoms with Crippen molar-refractivity contribution in [2.75, 3.05) is 0 Å². The fraction of sp³-hybridized carbons (Fsp3) is 0.417. The Bertz CT molecular complexity index is 899. The highest BCUT2D eigenvalue weighted by Crippen LogP contribution is 2.29. The Hall–Kier alpha value is -2.07. The highest BCUT2D eigenvalue weighted by atomic mass is 32.2. The zero-order chi connectivity index (χ0) is 22.8. The Labute approximate surface area is 154 Å². The van der Waals surface area contributed by atoms with Crippen LogP contribution in [-0.2, 0) is 30.4 Å². The van der Waals surface area contributed by atoms with E-state index < -0.39 is 48.4 Å². The lowest BCUT2D eigenvalue weighted by molar-refractivity contribution is -0.142. The van der Waals surface area contributed by atoms with E-state index in [1.54, 1.807) is 0 Å². The van der Waals surface area contributed by atoms with E-state index in [4.69, 9.17) is 18.1 Å². The zero-order valence-corrected chi connectivity index (χ0v) is 15.4. The number of benzene rings is 1. The summed E-state index contributed by atoms with van der Waals surface area (Å²) >= 11 is 0. The summed E-state index contributed by atoms with van der Waals surface area (Å²) in [5, 5.41) is 8.98. The molecule has 0 aliphatic heterocycles. The van der Waals surface area contributed by atoms with Gasteiger partial charge in [0.2, 0.25) is 0 Å². The van der Waals surface area contributed by atoms with E-state index in [2.05, 4.69) is 4.18 Å². The van der Waals surface area contributed by atoms with E-state index in [9.17, 15) is 39.6 Å². The molecule has 0 fully saturated rings. The van der Waals surface area contributed by atoms with Crippen LogP contribution in [0.1, 0.15) is 19.4 Å². The fourth-order valence-electron chi connectivity index (χ4n) is 1.22. The van der Waals surface area contributed by atoms with E-state index in [1.807, 2.05) is 0 Å². The fourth-order valence-corrected chi connectivity index (χ4v) is 1.68. The third kappa shape index (κ3) is 6.83. The second-order valence-electron chi connectivity index (χ2n) is 5.36. The predicted molar refractivity (Wildman–Crippen MR) is 80.3 cm³/mol. The van der Waals surface area contributed by atoms with Gasteiger partial charge in [-0.05, 0) is 31.5 Å². The van der Waals surface area contributed by atoms with Gasteiger partial charge in [-0.15, -0.1) is 0 Å². The minimum atomic E-state index is -5.84. The van der Waals surface area contributed by atoms with Crippen molar-refractivity contribution in [2.24, 2.45) is 0 Å². The topological polar surface area (TPSA) is 135 Å². The summed E-state index contributed by atoms with van der Waals surface area (Å²) in [6.45, 7) is 2.80. The highest BCUT2D eigenvalue weighted by molar-refractivity contribution is 7.88. The number of carboxylic acid groups (broad SMARTS) is 1. The standard InChI is InChI=1S/C11H11F3O5S.CHF3O3S/c1-10(2,9(15)16)7-3-5-8(6-4-7)19-20(17,18)11(12,13)14;2-1(3,4)8(5,6)7/h3-6H,1-2H3,(H,15,16);(H,5,6,7). The Morgan fingerprint density at radius 3 is 1.50 bits per heavy atom. The van der Waals surface area contributed by atoms with E-state index in [0.29, 0.717) is 5.56 Å². The lowest BCUT2D eigenvalue weighted by Gasteiger charge is -2.19. The van der Waals surface area contributed by atoms with Gasteiger partial charge in [0, 0.05) is 0 Å². The molecule has 0 amide bonds. The molecule has 28 heavy (non-hydrogen) atoms. The van der Waals surface area contributed by atoms with Crippen molar-refractivity contribution in [3.05, 3.63) is 29.8 Å². The number of hydrogen-bond donors (Lipinski definition) is 2. The molecule has 0 atom stereocenters. The zero-order valence-electron chi connectivity index (χ0n) is 13.7. The van der Waals surface area contributed by atoms with Crippen molar-refractivity contribution in [2.45, 2.75) is 30.3 Å². The van der Waals surface area contributed by atoms with Crippen LogP contribution in [-0.4, -0.2) is 43.5 Å². The number of carboxylic acids is 1. The number of carbonyl (C=O) groups is 1. The molecule has 1 aromatic carbocycles. The average Bonchev–Trinajstić information content (AvgIpc) is 2.44. The molecular weight excluding hydrogens is 450 g/mol. The quantitative estimate of drug-likeness (QED) is 0.302. The van der Waals surface area contributed by atoms with Crippen molar-refractivity contribution in [3.8, 4) is 5.75 Å². The lowest BCUT2D eigenvalue weighted by Crippen LogP contribution is -2.29. The first kappa shape index (κ1) is 25.9. The molecule has 0 unspecified atom stereocenters. The van der Waals surface area contributed by atoms with E-state index in [-0.39, 0.29) is 0 Å². The number of rotatable bonds is 4. The molecule has 0 aliphatic carbocycles. The van der Waals surface area contributed by atoms with Crippen LogP contribution in [0.25, 0.3) is 0 Å². The van der Waals surface area contributed by atoms with Crippen LogP contribution in [0.2, 0.25) is 0 Å². The minimum Gasteiger partial charge on any atom is -0.481 e. The third-order valence-electron chi connectivity index (χ3n) is 2.89. The van der Waals surface area contributed by atoms with Crippen LogP contribution >= 0.6 is 0 Å². The molecule has 8 nitrogen and oxygen atoms in total. The maximum Gasteiger partial charge on any atom is 0.534 e. The van der Waals surface area contributed by atoms with Crippen molar-refractivity contribution in [1.29, 1.82) is 0 Å². The van der Waals surface area contributed by atoms with E-state index in [0.717, 1.165) is 12.1 Å². The van der Waals surface area contributed by atoms with Gasteiger partial charge in [0.25, 0.3) is 0 Å². The largest absolute Gasteiger partial charge is 0.534 e. The summed E-state index contributed by atoms with van der Waals surface area (Å²) in [7, 11) is -11.6. The number of alkyl halides is 6. The Morgan fingerprint density at radius 1 is 0.893 bits per heavy atom. The first-order valence-electron chi connectivity index (χ1n) is 6.51. The third-order valence-corrected chi connectivity index (χ3v) is 4.46. The summed E-state index contributed by atoms with van der Waals surface area (Å²) in [6.07, 6.45) is 0. The van der Waals surface area contributed by atoms with Gasteiger partial charge in [0.15, 0.2) is 0 Å². The molecule has 2 N–H and O–H groups in total. The van der Waals surface area contributed by atoms with Crippen molar-refractivity contribution >= 4 is 26.2 Å². The first-order valence-corrected chi connectivity index (χ1v) is 9.36. The number of aliphatic carboxylic acids is 1. The predicted octanol–water partition coefficient (Wildman–Crippen LogP) is 2.67. The molecule has 0 saturated heterocycles. The number of hydrogen-bond acceptors (Lipinski definition) is 6. The van der Waals surface area contributed by atoms with Gasteiger partial charge in [0.05, 0.1) is 5.41 Å². The summed E-state index contributed by atoms with van der Waals surface area (Å²) < 4.78 is 119. The maximum atomic E-state index is 12.1. The highest BCUT2D eigenvalue weighted by Gasteiger charge is 2.48. The smallest absolute Gasteiger partial charge is 0.481 e. The Balaban J connectivity index is 0.000000769. The van der Waals surface area contributed by atoms with Gasteiger partial charge in [-0.1, -0.05) is 12.1 Å². The SMILES string of the molecule is CC(C)(C(=O)O)c1ccc(OS(=O)(=O)C(F)(F)F)cc1.O=S(=O)(O)C(F)(F)F. The van der Waals surface area contributed by atoms with Crippen LogP contribution in [0.3, 0.4) is 0 Å². The van der Waals surface area contributed by atoms with Gasteiger partial charge < -0.3 is 9.29 Å². The Kier molecular flexibility index (Phi) is 7.52. The lowest BCUT2D eigenvalue weighted by atomic mass is 9.85. The monoisotopic (exact) mass is 462 g/mol. The molecule has 0 heterocycles. The molecule has 16 heteroatoms. The normalized spacial score (nSPS) is 13.3. The summed E-state index contributed by atoms with van der Waals surface area (Å²) in [5.74, 6) is -1.68. The Morgan fingerprint density at radius 2 is 1.25 bits per heavy atom. The molecule has 1 aromatic rings. The van der Waals surface area contributed by atoms with Crippen molar-refractivity contribution in [3.63, 3.8) is 0 Å². The summed E-state index contributed by atoms with van der Waals surface area (Å²) in [5.41, 5.74) is -12.0. The number of halogens is 6. The van der Waals surface area contributed by atoms with Crippen LogP contribution in [0.4, 0.5) is 26.3 Å². The maximum absolute atomic E-state index is 12.1. The van der Waals surface area contributed by atoms with Crippen LogP contribution in [0, 0.1) is 0 Å². The molecule has 0 spiro atoms. The molecule has 0 aliphatic rings. The van der Waals surface area contributed by atoms with Crippen LogP contribution in [0.15, 0.2) is 24.3 Å². The van der Waals surface area contributed by atoms with Crippen LogP contribution < -0.4 is 4.18 Å². The van der Waals surface area contributed by atoms with Crippen molar-refractivity contribution in [1.82, 2.24) is 0 Å². The van der Waals surface area contributed by atoms with Crippen molar-refractivity contribution < 1.29 is 61.8 Å². The second kappa shape index (κ2) is 8.12. The van der Waals surface area contributed by atoms with Gasteiger partial charge in [0.1, 0.15) is 5.75 Å². The molecule has 0 saturated carbocycles. The molecule has 0 aromatic heterocycles. The molecule has 0 bridgehead atoms. The average molecular weight is 462 g/mol. The van der Waals surface area contributed by atoms with Crippen LogP contribution in [0.5, 0.6) is 5.75 Å². The minimum absolute atomic E-state index is 0.293.